The van der Waals surface area contributed by atoms with E-state index in [0.717, 1.165) is 6.42 Å². The Balaban J connectivity index is 2.91. The Morgan fingerprint density at radius 1 is 1.10 bits per heavy atom. The van der Waals surface area contributed by atoms with Gasteiger partial charge in [-0.15, -0.1) is 0 Å². The van der Waals surface area contributed by atoms with Crippen LogP contribution in [0.25, 0.3) is 5.57 Å². The number of aryl methyl sites for hydroxylation is 2. The molecule has 0 aromatic heterocycles. The number of hydrogen-bond donors (Lipinski definition) is 1. The molecule has 0 saturated heterocycles. The Morgan fingerprint density at radius 2 is 1.75 bits per heavy atom. The highest BCUT2D eigenvalue weighted by molar-refractivity contribution is 5.75. The first-order chi connectivity index (χ1) is 9.56. The smallest absolute Gasteiger partial charge is 0.00625 e. The molecular formula is C19H25N. The van der Waals surface area contributed by atoms with Crippen LogP contribution in [0, 0.1) is 13.8 Å². The summed E-state index contributed by atoms with van der Waals surface area (Å²) in [6.07, 6.45) is 12.8. The molecule has 0 bridgehead atoms. The number of rotatable bonds is 5. The Bertz CT molecular complexity index is 537. The van der Waals surface area contributed by atoms with E-state index in [2.05, 4.69) is 64.1 Å². The van der Waals surface area contributed by atoms with E-state index in [0.29, 0.717) is 0 Å². The van der Waals surface area contributed by atoms with Crippen LogP contribution in [0.15, 0.2) is 60.4 Å². The zero-order chi connectivity index (χ0) is 15.0. The van der Waals surface area contributed by atoms with E-state index >= 15 is 0 Å². The summed E-state index contributed by atoms with van der Waals surface area (Å²) in [6.45, 7) is 8.52. The van der Waals surface area contributed by atoms with E-state index in [-0.39, 0.29) is 0 Å². The van der Waals surface area contributed by atoms with Crippen LogP contribution in [-0.2, 0) is 0 Å². The van der Waals surface area contributed by atoms with E-state index in [1.165, 1.54) is 27.8 Å². The topological polar surface area (TPSA) is 26.0 Å². The lowest BCUT2D eigenvalue weighted by atomic mass is 9.98. The molecule has 1 rings (SSSR count). The molecule has 20 heavy (non-hydrogen) atoms. The SMILES string of the molecule is C/C=C(\C=C(/C)C/C=C\C=C/N)c1cc(C)cc(C)c1. The molecule has 0 amide bonds. The van der Waals surface area contributed by atoms with Crippen LogP contribution in [0.5, 0.6) is 0 Å². The Hall–Kier alpha value is -2.02. The van der Waals surface area contributed by atoms with Gasteiger partial charge in [0.05, 0.1) is 0 Å². The molecule has 0 unspecified atom stereocenters. The summed E-state index contributed by atoms with van der Waals surface area (Å²) in [4.78, 5) is 0. The fourth-order valence-electron chi connectivity index (χ4n) is 2.20. The van der Waals surface area contributed by atoms with Crippen molar-refractivity contribution in [1.29, 1.82) is 0 Å². The first-order valence-electron chi connectivity index (χ1n) is 7.02. The molecule has 1 heteroatoms. The van der Waals surface area contributed by atoms with Gasteiger partial charge in [0.1, 0.15) is 0 Å². The summed E-state index contributed by atoms with van der Waals surface area (Å²) < 4.78 is 0. The second-order valence-corrected chi connectivity index (χ2v) is 5.13. The Kier molecular flexibility index (Phi) is 6.58. The van der Waals surface area contributed by atoms with Crippen LogP contribution in [0.1, 0.15) is 37.0 Å². The minimum Gasteiger partial charge on any atom is -0.405 e. The Morgan fingerprint density at radius 3 is 2.30 bits per heavy atom. The third kappa shape index (κ3) is 5.31. The molecule has 0 saturated carbocycles. The normalized spacial score (nSPS) is 13.6. The molecule has 0 atom stereocenters. The lowest BCUT2D eigenvalue weighted by Gasteiger charge is -2.07. The van der Waals surface area contributed by atoms with Crippen LogP contribution < -0.4 is 5.73 Å². The number of benzene rings is 1. The van der Waals surface area contributed by atoms with Gasteiger partial charge in [0.2, 0.25) is 0 Å². The number of nitrogens with two attached hydrogens (primary N) is 1. The fraction of sp³-hybridized carbons (Fsp3) is 0.263. The monoisotopic (exact) mass is 267 g/mol. The van der Waals surface area contributed by atoms with E-state index in [1.54, 1.807) is 6.20 Å². The molecule has 1 aromatic carbocycles. The molecule has 0 radical (unpaired) electrons. The molecule has 0 aliphatic rings. The van der Waals surface area contributed by atoms with Gasteiger partial charge in [-0.3, -0.25) is 0 Å². The molecule has 0 aliphatic heterocycles. The van der Waals surface area contributed by atoms with E-state index in [4.69, 9.17) is 5.73 Å². The molecule has 106 valence electrons. The standard InChI is InChI=1S/C19H25N/c1-5-18(12-15(2)9-7-6-8-10-20)19-13-16(3)11-17(4)14-19/h5-8,10-14H,9,20H2,1-4H3/b7-6-,10-8-,15-12+,18-5+. The van der Waals surface area contributed by atoms with Crippen molar-refractivity contribution < 1.29 is 0 Å². The van der Waals surface area contributed by atoms with Crippen molar-refractivity contribution in [3.05, 3.63) is 77.0 Å². The van der Waals surface area contributed by atoms with Gasteiger partial charge >= 0.3 is 0 Å². The van der Waals surface area contributed by atoms with E-state index in [9.17, 15) is 0 Å². The summed E-state index contributed by atoms with van der Waals surface area (Å²) in [7, 11) is 0. The molecule has 0 fully saturated rings. The average Bonchev–Trinajstić information content (AvgIpc) is 2.40. The second-order valence-electron chi connectivity index (χ2n) is 5.13. The minimum atomic E-state index is 0.937. The number of allylic oxidation sites excluding steroid dienone is 7. The van der Waals surface area contributed by atoms with Crippen LogP contribution in [0.3, 0.4) is 0 Å². The maximum atomic E-state index is 5.30. The van der Waals surface area contributed by atoms with Crippen molar-refractivity contribution in [2.24, 2.45) is 5.73 Å². The van der Waals surface area contributed by atoms with Gasteiger partial charge in [0.15, 0.2) is 0 Å². The first-order valence-corrected chi connectivity index (χ1v) is 7.02. The highest BCUT2D eigenvalue weighted by Crippen LogP contribution is 2.21. The molecular weight excluding hydrogens is 242 g/mol. The molecule has 1 nitrogen and oxygen atoms in total. The van der Waals surface area contributed by atoms with Crippen LogP contribution in [-0.4, -0.2) is 0 Å². The quantitative estimate of drug-likeness (QED) is 0.740. The summed E-state index contributed by atoms with van der Waals surface area (Å²) in [5, 5.41) is 0. The minimum absolute atomic E-state index is 0.937. The van der Waals surface area contributed by atoms with E-state index < -0.39 is 0 Å². The van der Waals surface area contributed by atoms with Crippen LogP contribution in [0.2, 0.25) is 0 Å². The van der Waals surface area contributed by atoms with E-state index in [1.807, 2.05) is 12.2 Å². The van der Waals surface area contributed by atoms with Crippen molar-refractivity contribution in [2.45, 2.75) is 34.1 Å². The zero-order valence-electron chi connectivity index (χ0n) is 13.0. The first kappa shape index (κ1) is 16.0. The highest BCUT2D eigenvalue weighted by Gasteiger charge is 2.00. The van der Waals surface area contributed by atoms with Gasteiger partial charge in [-0.2, -0.15) is 0 Å². The second kappa shape index (κ2) is 8.21. The van der Waals surface area contributed by atoms with Crippen molar-refractivity contribution in [2.75, 3.05) is 0 Å². The highest BCUT2D eigenvalue weighted by atomic mass is 14.5. The molecule has 0 spiro atoms. The lowest BCUT2D eigenvalue weighted by Crippen LogP contribution is -1.87. The van der Waals surface area contributed by atoms with Crippen molar-refractivity contribution >= 4 is 5.57 Å². The molecule has 0 aliphatic carbocycles. The Labute approximate surface area is 123 Å². The molecule has 1 aromatic rings. The summed E-state index contributed by atoms with van der Waals surface area (Å²) in [5.74, 6) is 0. The van der Waals surface area contributed by atoms with Crippen LogP contribution >= 0.6 is 0 Å². The predicted molar refractivity (Wildman–Crippen MR) is 90.4 cm³/mol. The largest absolute Gasteiger partial charge is 0.405 e. The van der Waals surface area contributed by atoms with Gasteiger partial charge < -0.3 is 5.73 Å². The molecule has 2 N–H and O–H groups in total. The van der Waals surface area contributed by atoms with Crippen molar-refractivity contribution in [3.63, 3.8) is 0 Å². The summed E-state index contributed by atoms with van der Waals surface area (Å²) in [5.41, 5.74) is 11.8. The number of hydrogen-bond acceptors (Lipinski definition) is 1. The van der Waals surface area contributed by atoms with Crippen molar-refractivity contribution in [1.82, 2.24) is 0 Å². The van der Waals surface area contributed by atoms with Crippen LogP contribution in [0.4, 0.5) is 0 Å². The van der Waals surface area contributed by atoms with Crippen molar-refractivity contribution in [3.8, 4) is 0 Å². The third-order valence-electron chi connectivity index (χ3n) is 3.07. The van der Waals surface area contributed by atoms with Gasteiger partial charge in [-0.05, 0) is 57.5 Å². The fourth-order valence-corrected chi connectivity index (χ4v) is 2.20. The summed E-state index contributed by atoms with van der Waals surface area (Å²) in [6, 6.07) is 6.67. The maximum Gasteiger partial charge on any atom is -0.00625 e. The van der Waals surface area contributed by atoms with Gasteiger partial charge in [0, 0.05) is 0 Å². The van der Waals surface area contributed by atoms with Gasteiger partial charge in [0.25, 0.3) is 0 Å². The maximum absolute atomic E-state index is 5.30. The third-order valence-corrected chi connectivity index (χ3v) is 3.07. The predicted octanol–water partition coefficient (Wildman–Crippen LogP) is 5.07. The van der Waals surface area contributed by atoms with Gasteiger partial charge in [-0.1, -0.05) is 59.2 Å². The average molecular weight is 267 g/mol. The lowest BCUT2D eigenvalue weighted by molar-refractivity contribution is 1.21. The van der Waals surface area contributed by atoms with Gasteiger partial charge in [-0.25, -0.2) is 0 Å². The summed E-state index contributed by atoms with van der Waals surface area (Å²) >= 11 is 0. The zero-order valence-corrected chi connectivity index (χ0v) is 13.0. The molecule has 0 heterocycles.